The SMILES string of the molecule is CC(NC(=O)CCc1cccnc1)c1nc(C(=O)O)cs1. The summed E-state index contributed by atoms with van der Waals surface area (Å²) in [5.41, 5.74) is 1.01. The minimum Gasteiger partial charge on any atom is -0.476 e. The quantitative estimate of drug-likeness (QED) is 0.852. The number of carboxylic acid groups (broad SMARTS) is 1. The maximum absolute atomic E-state index is 11.9. The maximum Gasteiger partial charge on any atom is 0.355 e. The number of carbonyl (C=O) groups excluding carboxylic acids is 1. The highest BCUT2D eigenvalue weighted by Crippen LogP contribution is 2.18. The highest BCUT2D eigenvalue weighted by molar-refractivity contribution is 7.09. The number of pyridine rings is 1. The zero-order valence-electron chi connectivity index (χ0n) is 11.4. The van der Waals surface area contributed by atoms with Crippen LogP contribution in [0.2, 0.25) is 0 Å². The maximum atomic E-state index is 11.9. The largest absolute Gasteiger partial charge is 0.476 e. The average molecular weight is 305 g/mol. The number of aryl methyl sites for hydroxylation is 1. The molecule has 0 aliphatic heterocycles. The van der Waals surface area contributed by atoms with Gasteiger partial charge in [0.2, 0.25) is 5.91 Å². The van der Waals surface area contributed by atoms with Crippen LogP contribution in [0.4, 0.5) is 0 Å². The number of rotatable bonds is 6. The second-order valence-corrected chi connectivity index (χ2v) is 5.42. The van der Waals surface area contributed by atoms with Gasteiger partial charge in [-0.05, 0) is 25.0 Å². The minimum absolute atomic E-state index is 0.00598. The molecule has 0 aliphatic rings. The molecule has 0 radical (unpaired) electrons. The molecule has 0 spiro atoms. The summed E-state index contributed by atoms with van der Waals surface area (Å²) in [6.07, 6.45) is 4.39. The molecule has 0 saturated carbocycles. The standard InChI is InChI=1S/C14H15N3O3S/c1-9(13-17-11(8-21-13)14(19)20)16-12(18)5-4-10-3-2-6-15-7-10/h2-3,6-9H,4-5H2,1H3,(H,16,18)(H,19,20). The van der Waals surface area contributed by atoms with E-state index in [4.69, 9.17) is 5.11 Å². The first-order valence-corrected chi connectivity index (χ1v) is 7.31. The van der Waals surface area contributed by atoms with Crippen molar-refractivity contribution < 1.29 is 14.7 Å². The van der Waals surface area contributed by atoms with Crippen LogP contribution in [0, 0.1) is 0 Å². The van der Waals surface area contributed by atoms with Crippen LogP contribution >= 0.6 is 11.3 Å². The Bertz CT molecular complexity index is 627. The molecule has 0 aromatic carbocycles. The lowest BCUT2D eigenvalue weighted by molar-refractivity contribution is -0.121. The molecule has 2 rings (SSSR count). The van der Waals surface area contributed by atoms with Gasteiger partial charge in [-0.1, -0.05) is 6.07 Å². The number of aromatic nitrogens is 2. The lowest BCUT2D eigenvalue weighted by atomic mass is 10.1. The van der Waals surface area contributed by atoms with E-state index in [0.717, 1.165) is 5.56 Å². The topological polar surface area (TPSA) is 92.2 Å². The molecule has 2 heterocycles. The van der Waals surface area contributed by atoms with Crippen LogP contribution in [0.1, 0.15) is 40.4 Å². The van der Waals surface area contributed by atoms with E-state index in [1.54, 1.807) is 19.3 Å². The summed E-state index contributed by atoms with van der Waals surface area (Å²) in [4.78, 5) is 30.6. The molecule has 0 fully saturated rings. The number of thiazole rings is 1. The first kappa shape index (κ1) is 15.1. The van der Waals surface area contributed by atoms with Gasteiger partial charge in [-0.25, -0.2) is 9.78 Å². The third kappa shape index (κ3) is 4.35. The summed E-state index contributed by atoms with van der Waals surface area (Å²) >= 11 is 1.23. The van der Waals surface area contributed by atoms with Crippen molar-refractivity contribution in [2.24, 2.45) is 0 Å². The van der Waals surface area contributed by atoms with Gasteiger partial charge < -0.3 is 10.4 Å². The molecule has 2 aromatic rings. The molecule has 7 heteroatoms. The van der Waals surface area contributed by atoms with Gasteiger partial charge in [0.1, 0.15) is 5.01 Å². The number of hydrogen-bond donors (Lipinski definition) is 2. The predicted molar refractivity (Wildman–Crippen MR) is 78.2 cm³/mol. The van der Waals surface area contributed by atoms with E-state index < -0.39 is 5.97 Å². The molecule has 0 bridgehead atoms. The highest BCUT2D eigenvalue weighted by atomic mass is 32.1. The summed E-state index contributed by atoms with van der Waals surface area (Å²) in [6, 6.07) is 3.45. The molecule has 2 aromatic heterocycles. The molecule has 110 valence electrons. The smallest absolute Gasteiger partial charge is 0.355 e. The summed E-state index contributed by atoms with van der Waals surface area (Å²) in [7, 11) is 0. The molecule has 1 unspecified atom stereocenters. The lowest BCUT2D eigenvalue weighted by Crippen LogP contribution is -2.26. The summed E-state index contributed by atoms with van der Waals surface area (Å²) in [5.74, 6) is -1.16. The van der Waals surface area contributed by atoms with Crippen LogP contribution in [0.5, 0.6) is 0 Å². The number of hydrogen-bond acceptors (Lipinski definition) is 5. The monoisotopic (exact) mass is 305 g/mol. The molecular weight excluding hydrogens is 290 g/mol. The Morgan fingerprint density at radius 3 is 2.90 bits per heavy atom. The molecule has 2 N–H and O–H groups in total. The fourth-order valence-electron chi connectivity index (χ4n) is 1.76. The Kier molecular flexibility index (Phi) is 4.99. The summed E-state index contributed by atoms with van der Waals surface area (Å²) in [6.45, 7) is 1.78. The number of nitrogens with zero attached hydrogens (tertiary/aromatic N) is 2. The van der Waals surface area contributed by atoms with Crippen molar-refractivity contribution in [3.8, 4) is 0 Å². The molecule has 6 nitrogen and oxygen atoms in total. The van der Waals surface area contributed by atoms with Crippen molar-refractivity contribution in [1.29, 1.82) is 0 Å². The molecule has 0 saturated heterocycles. The fourth-order valence-corrected chi connectivity index (χ4v) is 2.56. The van der Waals surface area contributed by atoms with Crippen molar-refractivity contribution in [1.82, 2.24) is 15.3 Å². The Labute approximate surface area is 125 Å². The van der Waals surface area contributed by atoms with E-state index in [-0.39, 0.29) is 17.6 Å². The number of nitrogens with one attached hydrogen (secondary N) is 1. The van der Waals surface area contributed by atoms with Crippen molar-refractivity contribution >= 4 is 23.2 Å². The van der Waals surface area contributed by atoms with Gasteiger partial charge in [0.15, 0.2) is 5.69 Å². The zero-order chi connectivity index (χ0) is 15.2. The van der Waals surface area contributed by atoms with E-state index in [1.165, 1.54) is 16.7 Å². The van der Waals surface area contributed by atoms with Crippen LogP contribution in [0.3, 0.4) is 0 Å². The number of carboxylic acids is 1. The Morgan fingerprint density at radius 2 is 2.29 bits per heavy atom. The number of carbonyl (C=O) groups is 2. The molecule has 1 atom stereocenters. The van der Waals surface area contributed by atoms with E-state index in [2.05, 4.69) is 15.3 Å². The van der Waals surface area contributed by atoms with Crippen molar-refractivity contribution in [3.05, 3.63) is 46.2 Å². The first-order valence-electron chi connectivity index (χ1n) is 6.43. The second kappa shape index (κ2) is 6.94. The number of amides is 1. The van der Waals surface area contributed by atoms with E-state index in [0.29, 0.717) is 17.8 Å². The van der Waals surface area contributed by atoms with Gasteiger partial charge in [-0.3, -0.25) is 9.78 Å². The van der Waals surface area contributed by atoms with Crippen molar-refractivity contribution in [2.75, 3.05) is 0 Å². The van der Waals surface area contributed by atoms with Gasteiger partial charge in [0.25, 0.3) is 0 Å². The lowest BCUT2D eigenvalue weighted by Gasteiger charge is -2.11. The highest BCUT2D eigenvalue weighted by Gasteiger charge is 2.15. The molecule has 21 heavy (non-hydrogen) atoms. The van der Waals surface area contributed by atoms with Gasteiger partial charge in [-0.15, -0.1) is 11.3 Å². The van der Waals surface area contributed by atoms with Gasteiger partial charge >= 0.3 is 5.97 Å². The van der Waals surface area contributed by atoms with Crippen molar-refractivity contribution in [3.63, 3.8) is 0 Å². The van der Waals surface area contributed by atoms with Gasteiger partial charge in [0, 0.05) is 24.2 Å². The Morgan fingerprint density at radius 1 is 1.48 bits per heavy atom. The van der Waals surface area contributed by atoms with Crippen LogP contribution in [0.15, 0.2) is 29.9 Å². The molecule has 1 amide bonds. The summed E-state index contributed by atoms with van der Waals surface area (Å²) in [5, 5.41) is 13.7. The van der Waals surface area contributed by atoms with E-state index >= 15 is 0 Å². The van der Waals surface area contributed by atoms with Gasteiger partial charge in [-0.2, -0.15) is 0 Å². The van der Waals surface area contributed by atoms with Crippen LogP contribution in [-0.4, -0.2) is 27.0 Å². The van der Waals surface area contributed by atoms with Crippen LogP contribution < -0.4 is 5.32 Å². The molecule has 0 aliphatic carbocycles. The van der Waals surface area contributed by atoms with E-state index in [1.807, 2.05) is 12.1 Å². The fraction of sp³-hybridized carbons (Fsp3) is 0.286. The third-order valence-corrected chi connectivity index (χ3v) is 3.88. The molecular formula is C14H15N3O3S. The Hall–Kier alpha value is -2.28. The predicted octanol–water partition coefficient (Wildman–Crippen LogP) is 2.05. The van der Waals surface area contributed by atoms with Crippen molar-refractivity contribution in [2.45, 2.75) is 25.8 Å². The Balaban J connectivity index is 1.85. The van der Waals surface area contributed by atoms with Gasteiger partial charge in [0.05, 0.1) is 6.04 Å². The average Bonchev–Trinajstić information content (AvgIpc) is 2.96. The summed E-state index contributed by atoms with van der Waals surface area (Å²) < 4.78 is 0. The minimum atomic E-state index is -1.06. The third-order valence-electron chi connectivity index (χ3n) is 2.85. The second-order valence-electron chi connectivity index (χ2n) is 4.53. The van der Waals surface area contributed by atoms with E-state index in [9.17, 15) is 9.59 Å². The normalized spacial score (nSPS) is 11.9. The van der Waals surface area contributed by atoms with Crippen LogP contribution in [-0.2, 0) is 11.2 Å². The zero-order valence-corrected chi connectivity index (χ0v) is 12.3. The van der Waals surface area contributed by atoms with Crippen LogP contribution in [0.25, 0.3) is 0 Å². The first-order chi connectivity index (χ1) is 10.1. The number of aromatic carboxylic acids is 1.